The summed E-state index contributed by atoms with van der Waals surface area (Å²) < 4.78 is 8.21. The lowest BCUT2D eigenvalue weighted by atomic mass is 10.3. The Kier molecular flexibility index (Phi) is 4.84. The van der Waals surface area contributed by atoms with Crippen LogP contribution >= 0.6 is 27.5 Å². The minimum Gasteiger partial charge on any atom is -0.485 e. The number of nitro groups is 1. The molecule has 0 atom stereocenters. The van der Waals surface area contributed by atoms with Crippen molar-refractivity contribution in [3.8, 4) is 5.75 Å². The number of aromatic nitrogens is 2. The van der Waals surface area contributed by atoms with E-state index >= 15 is 0 Å². The molecule has 2 rings (SSSR count). The van der Waals surface area contributed by atoms with Crippen molar-refractivity contribution in [3.05, 3.63) is 49.2 Å². The van der Waals surface area contributed by atoms with Gasteiger partial charge >= 0.3 is 0 Å². The molecular formula is C13H13BrClN3O3. The molecule has 0 spiro atoms. The van der Waals surface area contributed by atoms with E-state index in [9.17, 15) is 10.1 Å². The molecule has 6 nitrogen and oxygen atoms in total. The van der Waals surface area contributed by atoms with Crippen molar-refractivity contribution in [1.82, 2.24) is 9.78 Å². The van der Waals surface area contributed by atoms with E-state index in [-0.39, 0.29) is 18.0 Å². The van der Waals surface area contributed by atoms with E-state index in [1.165, 1.54) is 18.2 Å². The van der Waals surface area contributed by atoms with Crippen LogP contribution < -0.4 is 4.74 Å². The maximum atomic E-state index is 10.8. The number of nitro benzene ring substituents is 1. The Balaban J connectivity index is 2.22. The van der Waals surface area contributed by atoms with Gasteiger partial charge in [-0.1, -0.05) is 18.5 Å². The number of aryl methyl sites for hydroxylation is 2. The number of rotatable bonds is 5. The second kappa shape index (κ2) is 6.44. The molecule has 112 valence electrons. The zero-order valence-electron chi connectivity index (χ0n) is 11.5. The molecule has 0 N–H and O–H groups in total. The summed E-state index contributed by atoms with van der Waals surface area (Å²) in [5.41, 5.74) is 1.71. The van der Waals surface area contributed by atoms with Crippen LogP contribution in [0, 0.1) is 10.1 Å². The van der Waals surface area contributed by atoms with Gasteiger partial charge in [-0.15, -0.1) is 0 Å². The minimum absolute atomic E-state index is 0.0623. The summed E-state index contributed by atoms with van der Waals surface area (Å²) >= 11 is 9.48. The largest absolute Gasteiger partial charge is 0.485 e. The molecular weight excluding hydrogens is 362 g/mol. The lowest BCUT2D eigenvalue weighted by Gasteiger charge is -2.08. The third kappa shape index (κ3) is 3.36. The van der Waals surface area contributed by atoms with Crippen LogP contribution in [0.2, 0.25) is 5.02 Å². The van der Waals surface area contributed by atoms with E-state index < -0.39 is 4.92 Å². The number of hydrogen-bond acceptors (Lipinski definition) is 4. The van der Waals surface area contributed by atoms with Gasteiger partial charge in [-0.05, 0) is 28.4 Å². The van der Waals surface area contributed by atoms with Crippen LogP contribution in [0.3, 0.4) is 0 Å². The lowest BCUT2D eigenvalue weighted by molar-refractivity contribution is -0.384. The molecule has 1 aromatic heterocycles. The first-order chi connectivity index (χ1) is 9.93. The Morgan fingerprint density at radius 3 is 2.81 bits per heavy atom. The van der Waals surface area contributed by atoms with E-state index in [1.54, 1.807) is 4.68 Å². The monoisotopic (exact) mass is 373 g/mol. The molecule has 1 aromatic carbocycles. The smallest absolute Gasteiger partial charge is 0.273 e. The highest BCUT2D eigenvalue weighted by Crippen LogP contribution is 2.30. The molecule has 0 aliphatic rings. The fourth-order valence-electron chi connectivity index (χ4n) is 1.84. The van der Waals surface area contributed by atoms with Gasteiger partial charge in [0, 0.05) is 13.1 Å². The Bertz CT molecular complexity index is 688. The highest BCUT2D eigenvalue weighted by Gasteiger charge is 2.15. The van der Waals surface area contributed by atoms with Crippen LogP contribution in [0.1, 0.15) is 18.3 Å². The van der Waals surface area contributed by atoms with Crippen LogP contribution in [0.5, 0.6) is 5.75 Å². The summed E-state index contributed by atoms with van der Waals surface area (Å²) in [6.07, 6.45) is 0.798. The van der Waals surface area contributed by atoms with E-state index in [4.69, 9.17) is 16.3 Å². The molecule has 8 heteroatoms. The number of ether oxygens (including phenoxy) is 1. The van der Waals surface area contributed by atoms with Gasteiger partial charge in [-0.3, -0.25) is 14.8 Å². The maximum absolute atomic E-state index is 10.8. The van der Waals surface area contributed by atoms with Crippen molar-refractivity contribution < 1.29 is 9.66 Å². The summed E-state index contributed by atoms with van der Waals surface area (Å²) in [5, 5.41) is 15.5. The molecule has 0 aliphatic heterocycles. The van der Waals surface area contributed by atoms with Crippen LogP contribution in [0.15, 0.2) is 22.7 Å². The molecule has 0 saturated heterocycles. The Hall–Kier alpha value is -1.60. The fraction of sp³-hybridized carbons (Fsp3) is 0.308. The molecule has 0 amide bonds. The molecule has 0 unspecified atom stereocenters. The number of non-ortho nitro benzene ring substituents is 1. The summed E-state index contributed by atoms with van der Waals surface area (Å²) in [5.74, 6) is 0.275. The van der Waals surface area contributed by atoms with Crippen LogP contribution in [0.25, 0.3) is 0 Å². The van der Waals surface area contributed by atoms with Crippen molar-refractivity contribution in [1.29, 1.82) is 0 Å². The molecule has 2 aromatic rings. The molecule has 0 saturated carbocycles. The highest BCUT2D eigenvalue weighted by molar-refractivity contribution is 9.10. The normalized spacial score (nSPS) is 10.7. The van der Waals surface area contributed by atoms with E-state index in [0.29, 0.717) is 5.02 Å². The number of benzene rings is 1. The first kappa shape index (κ1) is 15.8. The number of hydrogen-bond donors (Lipinski definition) is 0. The van der Waals surface area contributed by atoms with Gasteiger partial charge in [0.05, 0.1) is 31.9 Å². The summed E-state index contributed by atoms with van der Waals surface area (Å²) in [4.78, 5) is 10.3. The minimum atomic E-state index is -0.488. The average Bonchev–Trinajstić information content (AvgIpc) is 2.72. The van der Waals surface area contributed by atoms with Crippen molar-refractivity contribution in [2.75, 3.05) is 0 Å². The van der Waals surface area contributed by atoms with E-state index in [0.717, 1.165) is 22.3 Å². The van der Waals surface area contributed by atoms with Crippen LogP contribution in [-0.2, 0) is 20.1 Å². The van der Waals surface area contributed by atoms with Gasteiger partial charge in [-0.25, -0.2) is 0 Å². The quantitative estimate of drug-likeness (QED) is 0.588. The predicted molar refractivity (Wildman–Crippen MR) is 82.7 cm³/mol. The van der Waals surface area contributed by atoms with E-state index in [2.05, 4.69) is 21.0 Å². The van der Waals surface area contributed by atoms with Crippen LogP contribution in [-0.4, -0.2) is 14.7 Å². The van der Waals surface area contributed by atoms with Gasteiger partial charge in [0.1, 0.15) is 12.4 Å². The molecule has 0 radical (unpaired) electrons. The average molecular weight is 375 g/mol. The van der Waals surface area contributed by atoms with E-state index in [1.807, 2.05) is 14.0 Å². The zero-order chi connectivity index (χ0) is 15.6. The number of nitrogens with zero attached hydrogens (tertiary/aromatic N) is 3. The second-order valence-electron chi connectivity index (χ2n) is 4.35. The standard InChI is InChI=1S/C13H13BrClN3O3/c1-3-10-13(14)11(17(2)16-10)7-21-12-6-8(18(19)20)4-5-9(12)15/h4-6H,3,7H2,1-2H3. The maximum Gasteiger partial charge on any atom is 0.273 e. The van der Waals surface area contributed by atoms with Gasteiger partial charge in [0.15, 0.2) is 0 Å². The Morgan fingerprint density at radius 1 is 1.52 bits per heavy atom. The molecule has 0 bridgehead atoms. The zero-order valence-corrected chi connectivity index (χ0v) is 13.8. The summed E-state index contributed by atoms with van der Waals surface area (Å²) in [7, 11) is 1.82. The second-order valence-corrected chi connectivity index (χ2v) is 5.55. The summed E-state index contributed by atoms with van der Waals surface area (Å²) in [6.45, 7) is 2.22. The first-order valence-corrected chi connectivity index (χ1v) is 7.38. The first-order valence-electron chi connectivity index (χ1n) is 6.21. The molecule has 0 aliphatic carbocycles. The topological polar surface area (TPSA) is 70.2 Å². The van der Waals surface area contributed by atoms with Gasteiger partial charge < -0.3 is 4.74 Å². The fourth-order valence-corrected chi connectivity index (χ4v) is 2.74. The van der Waals surface area contributed by atoms with Crippen molar-refractivity contribution >= 4 is 33.2 Å². The van der Waals surface area contributed by atoms with Gasteiger partial charge in [0.2, 0.25) is 0 Å². The lowest BCUT2D eigenvalue weighted by Crippen LogP contribution is -2.04. The number of halogens is 2. The van der Waals surface area contributed by atoms with Crippen molar-refractivity contribution in [3.63, 3.8) is 0 Å². The Morgan fingerprint density at radius 2 is 2.24 bits per heavy atom. The molecule has 21 heavy (non-hydrogen) atoms. The van der Waals surface area contributed by atoms with Crippen LogP contribution in [0.4, 0.5) is 5.69 Å². The van der Waals surface area contributed by atoms with Crippen molar-refractivity contribution in [2.45, 2.75) is 20.0 Å². The molecule has 0 fully saturated rings. The van der Waals surface area contributed by atoms with Gasteiger partial charge in [-0.2, -0.15) is 5.10 Å². The molecule has 1 heterocycles. The third-order valence-corrected chi connectivity index (χ3v) is 4.22. The van der Waals surface area contributed by atoms with Gasteiger partial charge in [0.25, 0.3) is 5.69 Å². The predicted octanol–water partition coefficient (Wildman–Crippen LogP) is 3.89. The third-order valence-electron chi connectivity index (χ3n) is 2.99. The summed E-state index contributed by atoms with van der Waals surface area (Å²) in [6, 6.07) is 4.10. The highest BCUT2D eigenvalue weighted by atomic mass is 79.9. The Labute approximate surface area is 134 Å². The van der Waals surface area contributed by atoms with Crippen molar-refractivity contribution in [2.24, 2.45) is 7.05 Å². The SMILES string of the molecule is CCc1nn(C)c(COc2cc([N+](=O)[O-])ccc2Cl)c1Br.